The summed E-state index contributed by atoms with van der Waals surface area (Å²) in [5, 5.41) is 22.0. The minimum atomic E-state index is -1.22. The van der Waals surface area contributed by atoms with Gasteiger partial charge in [-0.2, -0.15) is 5.26 Å². The predicted octanol–water partition coefficient (Wildman–Crippen LogP) is 3.05. The molecule has 9 heteroatoms. The van der Waals surface area contributed by atoms with E-state index in [0.29, 0.717) is 25.1 Å². The van der Waals surface area contributed by atoms with Crippen molar-refractivity contribution in [2.75, 3.05) is 44.1 Å². The largest absolute Gasteiger partial charge is 0.477 e. The van der Waals surface area contributed by atoms with E-state index in [1.54, 1.807) is 19.9 Å². The average molecular weight is 443 g/mol. The first-order valence-corrected chi connectivity index (χ1v) is 10.7. The average Bonchev–Trinajstić information content (AvgIpc) is 3.59. The van der Waals surface area contributed by atoms with Gasteiger partial charge < -0.3 is 29.4 Å². The van der Waals surface area contributed by atoms with Gasteiger partial charge in [-0.1, -0.05) is 0 Å². The molecule has 172 valence electrons. The number of aromatic nitrogens is 1. The standard InChI is InChI=1S/C23H30N4O5/c1-14(11-24)13-32-15(2)31-8-7-25-19-9-17-20(10-21(19)26(3)4)27(16-5-6-16)12-18(22(17)28)23(29)30/h9-10,12,14-16,25H,5-8,13H2,1-4H3,(H,29,30). The number of benzene rings is 1. The summed E-state index contributed by atoms with van der Waals surface area (Å²) in [6, 6.07) is 5.99. The van der Waals surface area contributed by atoms with Crippen molar-refractivity contribution in [2.24, 2.45) is 5.92 Å². The zero-order valence-corrected chi connectivity index (χ0v) is 18.9. The first-order chi connectivity index (χ1) is 15.2. The minimum Gasteiger partial charge on any atom is -0.477 e. The summed E-state index contributed by atoms with van der Waals surface area (Å²) in [6.07, 6.45) is 2.97. The van der Waals surface area contributed by atoms with E-state index in [1.807, 2.05) is 29.6 Å². The maximum Gasteiger partial charge on any atom is 0.341 e. The van der Waals surface area contributed by atoms with Crippen LogP contribution >= 0.6 is 0 Å². The Morgan fingerprint density at radius 3 is 2.66 bits per heavy atom. The van der Waals surface area contributed by atoms with E-state index >= 15 is 0 Å². The van der Waals surface area contributed by atoms with Crippen LogP contribution in [0.2, 0.25) is 0 Å². The van der Waals surface area contributed by atoms with Crippen LogP contribution in [0.5, 0.6) is 0 Å². The maximum absolute atomic E-state index is 12.9. The molecular formula is C23H30N4O5. The highest BCUT2D eigenvalue weighted by atomic mass is 16.7. The molecule has 0 bridgehead atoms. The lowest BCUT2D eigenvalue weighted by atomic mass is 10.1. The Bertz CT molecular complexity index is 1080. The van der Waals surface area contributed by atoms with Gasteiger partial charge in [0, 0.05) is 38.3 Å². The van der Waals surface area contributed by atoms with Crippen LogP contribution in [0.15, 0.2) is 23.1 Å². The van der Waals surface area contributed by atoms with E-state index in [0.717, 1.165) is 29.7 Å². The van der Waals surface area contributed by atoms with Crippen LogP contribution in [0.4, 0.5) is 11.4 Å². The molecule has 0 amide bonds. The summed E-state index contributed by atoms with van der Waals surface area (Å²) in [7, 11) is 3.83. The van der Waals surface area contributed by atoms with Crippen molar-refractivity contribution in [3.8, 4) is 6.07 Å². The van der Waals surface area contributed by atoms with Crippen LogP contribution in [0.1, 0.15) is 43.1 Å². The minimum absolute atomic E-state index is 0.199. The number of carboxylic acids is 1. The van der Waals surface area contributed by atoms with Gasteiger partial charge in [-0.25, -0.2) is 4.79 Å². The zero-order valence-electron chi connectivity index (χ0n) is 18.9. The zero-order chi connectivity index (χ0) is 23.4. The molecule has 0 spiro atoms. The molecule has 1 fully saturated rings. The Labute approximate surface area is 187 Å². The number of hydrogen-bond acceptors (Lipinski definition) is 7. The summed E-state index contributed by atoms with van der Waals surface area (Å²) in [5.74, 6) is -1.42. The molecule has 1 saturated carbocycles. The Kier molecular flexibility index (Phi) is 7.38. The van der Waals surface area contributed by atoms with E-state index < -0.39 is 17.7 Å². The topological polar surface area (TPSA) is 117 Å². The lowest BCUT2D eigenvalue weighted by Gasteiger charge is -2.22. The normalized spacial score (nSPS) is 15.2. The number of nitrogens with one attached hydrogen (secondary N) is 1. The second-order valence-corrected chi connectivity index (χ2v) is 8.33. The van der Waals surface area contributed by atoms with Crippen LogP contribution in [0.25, 0.3) is 10.9 Å². The number of nitrogens with zero attached hydrogens (tertiary/aromatic N) is 3. The smallest absolute Gasteiger partial charge is 0.341 e. The second kappa shape index (κ2) is 10.0. The van der Waals surface area contributed by atoms with Crippen molar-refractivity contribution < 1.29 is 19.4 Å². The van der Waals surface area contributed by atoms with Gasteiger partial charge in [0.15, 0.2) is 6.29 Å². The maximum atomic E-state index is 12.9. The molecule has 2 N–H and O–H groups in total. The van der Waals surface area contributed by atoms with Crippen LogP contribution in [-0.4, -0.2) is 55.8 Å². The van der Waals surface area contributed by atoms with Crippen molar-refractivity contribution in [2.45, 2.75) is 39.0 Å². The van der Waals surface area contributed by atoms with E-state index in [2.05, 4.69) is 11.4 Å². The molecule has 0 radical (unpaired) electrons. The Hall–Kier alpha value is -3.09. The Balaban J connectivity index is 1.81. The number of carbonyl (C=O) groups is 1. The number of pyridine rings is 1. The van der Waals surface area contributed by atoms with Gasteiger partial charge in [0.2, 0.25) is 5.43 Å². The van der Waals surface area contributed by atoms with Gasteiger partial charge in [-0.05, 0) is 38.8 Å². The van der Waals surface area contributed by atoms with Crippen molar-refractivity contribution in [1.82, 2.24) is 4.57 Å². The van der Waals surface area contributed by atoms with Crippen LogP contribution in [0.3, 0.4) is 0 Å². The van der Waals surface area contributed by atoms with Crippen LogP contribution in [0, 0.1) is 17.2 Å². The fraction of sp³-hybridized carbons (Fsp3) is 0.522. The van der Waals surface area contributed by atoms with Crippen LogP contribution < -0.4 is 15.6 Å². The number of ether oxygens (including phenoxy) is 2. The van der Waals surface area contributed by atoms with Crippen molar-refractivity contribution in [3.05, 3.63) is 34.1 Å². The highest BCUT2D eigenvalue weighted by Crippen LogP contribution is 2.39. The van der Waals surface area contributed by atoms with E-state index in [9.17, 15) is 14.7 Å². The van der Waals surface area contributed by atoms with Crippen molar-refractivity contribution in [1.29, 1.82) is 5.26 Å². The summed E-state index contributed by atoms with van der Waals surface area (Å²) >= 11 is 0. The predicted molar refractivity (Wildman–Crippen MR) is 122 cm³/mol. The van der Waals surface area contributed by atoms with Gasteiger partial charge in [-0.3, -0.25) is 4.79 Å². The number of carboxylic acid groups (broad SMARTS) is 1. The number of aromatic carboxylic acids is 1. The fourth-order valence-electron chi connectivity index (χ4n) is 3.48. The Morgan fingerprint density at radius 1 is 1.34 bits per heavy atom. The summed E-state index contributed by atoms with van der Waals surface area (Å²) < 4.78 is 13.0. The molecule has 1 heterocycles. The molecule has 2 aromatic rings. The molecule has 1 aromatic heterocycles. The lowest BCUT2D eigenvalue weighted by Crippen LogP contribution is -2.22. The molecular weight excluding hydrogens is 412 g/mol. The van der Waals surface area contributed by atoms with E-state index in [4.69, 9.17) is 14.7 Å². The molecule has 1 aromatic carbocycles. The van der Waals surface area contributed by atoms with Gasteiger partial charge in [0.05, 0.1) is 42.1 Å². The fourth-order valence-corrected chi connectivity index (χ4v) is 3.48. The molecule has 1 aliphatic carbocycles. The quantitative estimate of drug-likeness (QED) is 0.403. The van der Waals surface area contributed by atoms with Gasteiger partial charge in [0.25, 0.3) is 0 Å². The molecule has 1 aliphatic rings. The summed E-state index contributed by atoms with van der Waals surface area (Å²) in [5.41, 5.74) is 1.65. The molecule has 0 saturated heterocycles. The van der Waals surface area contributed by atoms with Gasteiger partial charge in [-0.15, -0.1) is 0 Å². The lowest BCUT2D eigenvalue weighted by molar-refractivity contribution is -0.131. The summed E-state index contributed by atoms with van der Waals surface area (Å²) in [4.78, 5) is 26.4. The highest BCUT2D eigenvalue weighted by Gasteiger charge is 2.27. The third kappa shape index (κ3) is 5.39. The first-order valence-electron chi connectivity index (χ1n) is 10.7. The molecule has 3 rings (SSSR count). The van der Waals surface area contributed by atoms with Gasteiger partial charge in [0.1, 0.15) is 5.56 Å². The number of nitriles is 1. The highest BCUT2D eigenvalue weighted by molar-refractivity contribution is 5.96. The van der Waals surface area contributed by atoms with E-state index in [-0.39, 0.29) is 17.5 Å². The molecule has 2 atom stereocenters. The third-order valence-corrected chi connectivity index (χ3v) is 5.37. The monoisotopic (exact) mass is 442 g/mol. The second-order valence-electron chi connectivity index (χ2n) is 8.33. The molecule has 2 unspecified atom stereocenters. The Morgan fingerprint density at radius 2 is 2.06 bits per heavy atom. The van der Waals surface area contributed by atoms with Crippen LogP contribution in [-0.2, 0) is 9.47 Å². The molecule has 32 heavy (non-hydrogen) atoms. The third-order valence-electron chi connectivity index (χ3n) is 5.37. The SMILES string of the molecule is CC(C#N)COC(C)OCCNc1cc2c(=O)c(C(=O)O)cn(C3CC3)c2cc1N(C)C. The number of anilines is 2. The number of fused-ring (bicyclic) bond motifs is 1. The summed E-state index contributed by atoms with van der Waals surface area (Å²) in [6.45, 7) is 4.68. The molecule has 0 aliphatic heterocycles. The molecule has 9 nitrogen and oxygen atoms in total. The van der Waals surface area contributed by atoms with Crippen molar-refractivity contribution >= 4 is 28.2 Å². The van der Waals surface area contributed by atoms with Gasteiger partial charge >= 0.3 is 5.97 Å². The number of hydrogen-bond donors (Lipinski definition) is 2. The van der Waals surface area contributed by atoms with E-state index in [1.165, 1.54) is 6.20 Å². The first kappa shape index (κ1) is 23.6. The number of rotatable bonds is 11. The van der Waals surface area contributed by atoms with Crippen molar-refractivity contribution in [3.63, 3.8) is 0 Å².